The molecule has 3 atom stereocenters. The van der Waals surface area contributed by atoms with Gasteiger partial charge in [-0.05, 0) is 97.8 Å². The third-order valence-corrected chi connectivity index (χ3v) is 11.5. The van der Waals surface area contributed by atoms with E-state index in [1.54, 1.807) is 16.7 Å². The van der Waals surface area contributed by atoms with Crippen LogP contribution in [0.2, 0.25) is 0 Å². The van der Waals surface area contributed by atoms with E-state index >= 15 is 0 Å². The summed E-state index contributed by atoms with van der Waals surface area (Å²) in [5, 5.41) is 6.66. The molecule has 1 aromatic heterocycles. The smallest absolute Gasteiger partial charge is 0.243 e. The second kappa shape index (κ2) is 15.2. The first-order valence-corrected chi connectivity index (χ1v) is 18.6. The molecule has 0 unspecified atom stereocenters. The number of carbonyl (C=O) groups excluding carboxylic acids is 4. The number of fused-ring (bicyclic) bond motifs is 1. The second-order valence-electron chi connectivity index (χ2n) is 14.1. The minimum absolute atomic E-state index is 0.0853. The lowest BCUT2D eigenvalue weighted by atomic mass is 9.53. The van der Waals surface area contributed by atoms with Gasteiger partial charge in [0, 0.05) is 29.6 Å². The van der Waals surface area contributed by atoms with E-state index in [9.17, 15) is 19.2 Å². The summed E-state index contributed by atoms with van der Waals surface area (Å²) in [7, 11) is 0. The molecule has 7 N–H and O–H groups in total. The normalized spacial score (nSPS) is 24.5. The molecule has 2 aromatic carbocycles. The molecule has 4 fully saturated rings. The highest BCUT2D eigenvalue weighted by molar-refractivity contribution is 7.98. The van der Waals surface area contributed by atoms with Gasteiger partial charge in [0.05, 0.1) is 12.6 Å². The van der Waals surface area contributed by atoms with Gasteiger partial charge in [-0.25, -0.2) is 0 Å². The molecule has 256 valence electrons. The van der Waals surface area contributed by atoms with Crippen molar-refractivity contribution in [3.8, 4) is 0 Å². The van der Waals surface area contributed by atoms with Crippen molar-refractivity contribution < 1.29 is 19.2 Å². The maximum absolute atomic E-state index is 14.2. The van der Waals surface area contributed by atoms with Crippen molar-refractivity contribution in [3.05, 3.63) is 71.9 Å². The monoisotopic (exact) mass is 672 g/mol. The fourth-order valence-corrected chi connectivity index (χ4v) is 9.33. The lowest BCUT2D eigenvalue weighted by Crippen LogP contribution is -2.64. The zero-order valence-electron chi connectivity index (χ0n) is 27.6. The lowest BCUT2D eigenvalue weighted by Gasteiger charge is -2.58. The maximum Gasteiger partial charge on any atom is 0.243 e. The molecule has 11 heteroatoms. The van der Waals surface area contributed by atoms with Crippen LogP contribution in [0.5, 0.6) is 0 Å². The quantitative estimate of drug-likeness (QED) is 0.167. The van der Waals surface area contributed by atoms with Crippen LogP contribution >= 0.6 is 11.8 Å². The molecule has 4 saturated carbocycles. The zero-order valence-corrected chi connectivity index (χ0v) is 28.4. The molecule has 0 aliphatic heterocycles. The number of nitrogens with zero attached hydrogens (tertiary/aromatic N) is 1. The molecular formula is C37H48N6O4S. The highest BCUT2D eigenvalue weighted by Gasteiger charge is 2.52. The number of hydrogen-bond acceptors (Lipinski definition) is 6. The van der Waals surface area contributed by atoms with Gasteiger partial charge < -0.3 is 32.0 Å². The fraction of sp³-hybridized carbons (Fsp3) is 0.514. The first kappa shape index (κ1) is 34.0. The van der Waals surface area contributed by atoms with Gasteiger partial charge in [-0.15, -0.1) is 0 Å². The van der Waals surface area contributed by atoms with Gasteiger partial charge in [-0.1, -0.05) is 48.5 Å². The summed E-state index contributed by atoms with van der Waals surface area (Å²) in [6.45, 7) is -0.284. The van der Waals surface area contributed by atoms with Crippen LogP contribution in [0.1, 0.15) is 49.7 Å². The van der Waals surface area contributed by atoms with Crippen LogP contribution in [0.15, 0.2) is 60.8 Å². The van der Waals surface area contributed by atoms with Gasteiger partial charge in [0.1, 0.15) is 12.1 Å². The van der Waals surface area contributed by atoms with E-state index in [4.69, 9.17) is 11.5 Å². The number of benzene rings is 2. The Morgan fingerprint density at radius 2 is 1.58 bits per heavy atom. The van der Waals surface area contributed by atoms with Gasteiger partial charge in [0.25, 0.3) is 0 Å². The molecule has 4 amide bonds. The third-order valence-electron chi connectivity index (χ3n) is 10.8. The number of carbonyl (C=O) groups is 4. The predicted molar refractivity (Wildman–Crippen MR) is 189 cm³/mol. The Kier molecular flexibility index (Phi) is 10.8. The Bertz CT molecular complexity index is 1580. The average Bonchev–Trinajstić information content (AvgIpc) is 3.48. The van der Waals surface area contributed by atoms with E-state index in [0.717, 1.165) is 47.7 Å². The van der Waals surface area contributed by atoms with Crippen LogP contribution in [-0.4, -0.2) is 76.2 Å². The Balaban J connectivity index is 1.15. The van der Waals surface area contributed by atoms with Crippen LogP contribution in [0.3, 0.4) is 0 Å². The maximum atomic E-state index is 14.2. The number of rotatable bonds is 15. The Hall–Kier alpha value is -3.83. The number of aromatic nitrogens is 1. The molecule has 0 spiro atoms. The summed E-state index contributed by atoms with van der Waals surface area (Å²) in [5.41, 5.74) is 15.2. The van der Waals surface area contributed by atoms with Crippen molar-refractivity contribution in [2.75, 3.05) is 18.6 Å². The van der Waals surface area contributed by atoms with Crippen LogP contribution in [0.25, 0.3) is 10.9 Å². The molecule has 4 bridgehead atoms. The third kappa shape index (κ3) is 7.57. The number of thioether (sulfide) groups is 1. The largest absolute Gasteiger partial charge is 0.368 e. The van der Waals surface area contributed by atoms with Crippen molar-refractivity contribution in [2.45, 2.75) is 75.5 Å². The fourth-order valence-electron chi connectivity index (χ4n) is 8.86. The van der Waals surface area contributed by atoms with Crippen molar-refractivity contribution in [1.29, 1.82) is 0 Å². The predicted octanol–water partition coefficient (Wildman–Crippen LogP) is 3.14. The second-order valence-corrected chi connectivity index (χ2v) is 15.0. The molecule has 3 aromatic rings. The standard InChI is InChI=1S/C37H48N6O4S/c1-48-12-11-31(42-36(46)29(38)19-27-20-40-30-10-6-5-9-28(27)30)37(47)41-21-33(44)43(32(35(39)45)18-22-7-3-2-4-8-22)34-25-14-23-13-24(16-25)17-26(34)15-23/h2-10,20,23-26,29,31-32,34,40H,11-19,21,38H2,1H3,(H2,39,45)(H,41,47)(H,42,46)/t23?,24?,25?,26?,29-,31+,32-,34?/m0/s1. The number of nitrogens with one attached hydrogen (secondary N) is 3. The van der Waals surface area contributed by atoms with Crippen molar-refractivity contribution >= 4 is 46.3 Å². The molecule has 0 radical (unpaired) electrons. The Morgan fingerprint density at radius 1 is 0.917 bits per heavy atom. The van der Waals surface area contributed by atoms with Crippen LogP contribution < -0.4 is 22.1 Å². The SMILES string of the molecule is CSCC[C@@H](NC(=O)[C@@H](N)Cc1c[nH]c2ccccc12)C(=O)NCC(=O)N(C1C2CC3CC(C2)CC1C3)[C@@H](Cc1ccccc1)C(N)=O. The molecule has 4 aliphatic rings. The molecular weight excluding hydrogens is 625 g/mol. The van der Waals surface area contributed by atoms with E-state index in [2.05, 4.69) is 15.6 Å². The molecule has 48 heavy (non-hydrogen) atoms. The Morgan fingerprint density at radius 3 is 2.25 bits per heavy atom. The summed E-state index contributed by atoms with van der Waals surface area (Å²) >= 11 is 1.56. The van der Waals surface area contributed by atoms with Gasteiger partial charge in [0.2, 0.25) is 23.6 Å². The lowest BCUT2D eigenvalue weighted by molar-refractivity contribution is -0.153. The van der Waals surface area contributed by atoms with Crippen LogP contribution in [-0.2, 0) is 32.0 Å². The Labute approximate surface area is 286 Å². The number of para-hydroxylation sites is 1. The summed E-state index contributed by atoms with van der Waals surface area (Å²) in [6, 6.07) is 14.8. The minimum atomic E-state index is -0.864. The number of nitrogens with two attached hydrogens (primary N) is 2. The van der Waals surface area contributed by atoms with Crippen molar-refractivity contribution in [1.82, 2.24) is 20.5 Å². The van der Waals surface area contributed by atoms with Crippen molar-refractivity contribution in [2.24, 2.45) is 35.1 Å². The van der Waals surface area contributed by atoms with E-state index in [1.807, 2.05) is 67.0 Å². The summed E-state index contributed by atoms with van der Waals surface area (Å²) in [4.78, 5) is 59.2. The summed E-state index contributed by atoms with van der Waals surface area (Å²) in [5.74, 6) is 0.915. The molecule has 10 nitrogen and oxygen atoms in total. The van der Waals surface area contributed by atoms with Gasteiger partial charge >= 0.3 is 0 Å². The highest BCUT2D eigenvalue weighted by Crippen LogP contribution is 2.55. The van der Waals surface area contributed by atoms with Gasteiger partial charge in [-0.3, -0.25) is 19.2 Å². The minimum Gasteiger partial charge on any atom is -0.368 e. The number of amides is 4. The van der Waals surface area contributed by atoms with Gasteiger partial charge in [0.15, 0.2) is 0 Å². The molecule has 0 saturated heterocycles. The zero-order chi connectivity index (χ0) is 33.8. The van der Waals surface area contributed by atoms with E-state index in [-0.39, 0.29) is 18.5 Å². The van der Waals surface area contributed by atoms with Crippen LogP contribution in [0.4, 0.5) is 0 Å². The number of primary amides is 1. The highest BCUT2D eigenvalue weighted by atomic mass is 32.2. The number of hydrogen-bond donors (Lipinski definition) is 5. The van der Waals surface area contributed by atoms with Crippen LogP contribution in [0, 0.1) is 23.7 Å². The topological polar surface area (TPSA) is 163 Å². The van der Waals surface area contributed by atoms with E-state index in [0.29, 0.717) is 48.7 Å². The first-order chi connectivity index (χ1) is 23.2. The van der Waals surface area contributed by atoms with Crippen molar-refractivity contribution in [3.63, 3.8) is 0 Å². The molecule has 1 heterocycles. The first-order valence-electron chi connectivity index (χ1n) is 17.2. The summed E-state index contributed by atoms with van der Waals surface area (Å²) < 4.78 is 0. The molecule has 4 aliphatic carbocycles. The number of aromatic amines is 1. The number of H-pyrrole nitrogens is 1. The average molecular weight is 673 g/mol. The summed E-state index contributed by atoms with van der Waals surface area (Å²) in [6.07, 6.45) is 10.3. The van der Waals surface area contributed by atoms with Gasteiger partial charge in [-0.2, -0.15) is 11.8 Å². The van der Waals surface area contributed by atoms with E-state index < -0.39 is 35.8 Å². The molecule has 7 rings (SSSR count). The van der Waals surface area contributed by atoms with E-state index in [1.165, 1.54) is 6.42 Å².